The van der Waals surface area contributed by atoms with E-state index in [2.05, 4.69) is 31.2 Å². The molecule has 1 aliphatic rings. The molecule has 1 saturated carbocycles. The second-order valence-corrected chi connectivity index (χ2v) is 7.25. The van der Waals surface area contributed by atoms with Gasteiger partial charge in [0.1, 0.15) is 0 Å². The fourth-order valence-corrected chi connectivity index (χ4v) is 3.74. The third-order valence-corrected chi connectivity index (χ3v) is 5.31. The molecule has 0 amide bonds. The molecule has 1 heteroatoms. The zero-order chi connectivity index (χ0) is 15.6. The molecular weight excluding hydrogens is 266 g/mol. The first-order valence-electron chi connectivity index (χ1n) is 9.63. The highest BCUT2D eigenvalue weighted by molar-refractivity contribution is 5.23. The highest BCUT2D eigenvalue weighted by atomic mass is 14.7. The van der Waals surface area contributed by atoms with Gasteiger partial charge in [-0.1, -0.05) is 76.1 Å². The summed E-state index contributed by atoms with van der Waals surface area (Å²) < 4.78 is 0. The lowest BCUT2D eigenvalue weighted by molar-refractivity contribution is 0.306. The smallest absolute Gasteiger partial charge is 0.00703 e. The van der Waals surface area contributed by atoms with Crippen molar-refractivity contribution in [2.24, 2.45) is 11.7 Å². The van der Waals surface area contributed by atoms with Gasteiger partial charge < -0.3 is 5.73 Å². The lowest BCUT2D eigenvalue weighted by atomic mass is 9.81. The van der Waals surface area contributed by atoms with E-state index in [9.17, 15) is 0 Å². The maximum atomic E-state index is 6.27. The largest absolute Gasteiger partial charge is 0.327 e. The van der Waals surface area contributed by atoms with E-state index in [4.69, 9.17) is 5.73 Å². The molecule has 1 aliphatic carbocycles. The van der Waals surface area contributed by atoms with Crippen molar-refractivity contribution in [3.8, 4) is 0 Å². The Kier molecular flexibility index (Phi) is 8.01. The molecule has 0 aliphatic heterocycles. The van der Waals surface area contributed by atoms with Gasteiger partial charge in [-0.05, 0) is 49.1 Å². The zero-order valence-corrected chi connectivity index (χ0v) is 14.5. The van der Waals surface area contributed by atoms with Gasteiger partial charge in [0, 0.05) is 6.04 Å². The van der Waals surface area contributed by atoms with Crippen molar-refractivity contribution in [3.63, 3.8) is 0 Å². The molecule has 2 atom stereocenters. The average molecular weight is 302 g/mol. The Morgan fingerprint density at radius 1 is 0.864 bits per heavy atom. The molecule has 0 saturated heterocycles. The van der Waals surface area contributed by atoms with E-state index in [-0.39, 0.29) is 0 Å². The third kappa shape index (κ3) is 6.12. The average Bonchev–Trinajstić information content (AvgIpc) is 2.54. The molecule has 1 aromatic rings. The number of benzene rings is 1. The number of nitrogens with two attached hydrogens (primary N) is 1. The van der Waals surface area contributed by atoms with E-state index >= 15 is 0 Å². The molecule has 1 fully saturated rings. The van der Waals surface area contributed by atoms with Crippen molar-refractivity contribution in [1.29, 1.82) is 0 Å². The summed E-state index contributed by atoms with van der Waals surface area (Å²) in [6, 6.07) is 9.80. The summed E-state index contributed by atoms with van der Waals surface area (Å²) >= 11 is 0. The van der Waals surface area contributed by atoms with Crippen LogP contribution in [0.4, 0.5) is 0 Å². The standard InChI is InChI=1S/C21H35N/c1-2-3-4-5-6-7-10-18-13-15-19(16-14-18)17-20-11-8-9-12-21(20)22/h13-16,20-21H,2-12,17,22H2,1H3/t20-,21+/m1/s1. The molecule has 1 aromatic carbocycles. The van der Waals surface area contributed by atoms with E-state index in [1.807, 2.05) is 0 Å². The Morgan fingerprint density at radius 3 is 2.23 bits per heavy atom. The minimum absolute atomic E-state index is 0.427. The zero-order valence-electron chi connectivity index (χ0n) is 14.5. The van der Waals surface area contributed by atoms with Gasteiger partial charge in [0.25, 0.3) is 0 Å². The second-order valence-electron chi connectivity index (χ2n) is 7.25. The van der Waals surface area contributed by atoms with E-state index in [0.29, 0.717) is 12.0 Å². The molecule has 0 spiro atoms. The third-order valence-electron chi connectivity index (χ3n) is 5.31. The van der Waals surface area contributed by atoms with Crippen molar-refractivity contribution >= 4 is 0 Å². The molecule has 0 heterocycles. The van der Waals surface area contributed by atoms with Gasteiger partial charge in [0.05, 0.1) is 0 Å². The summed E-state index contributed by atoms with van der Waals surface area (Å²) in [6.07, 6.45) is 16.0. The Labute approximate surface area is 137 Å². The molecule has 2 rings (SSSR count). The van der Waals surface area contributed by atoms with Crippen LogP contribution < -0.4 is 5.73 Å². The molecule has 22 heavy (non-hydrogen) atoms. The van der Waals surface area contributed by atoms with E-state index in [0.717, 1.165) is 0 Å². The molecule has 0 unspecified atom stereocenters. The number of aryl methyl sites for hydroxylation is 1. The van der Waals surface area contributed by atoms with Crippen LogP contribution in [0.25, 0.3) is 0 Å². The van der Waals surface area contributed by atoms with Crippen LogP contribution in [0.3, 0.4) is 0 Å². The van der Waals surface area contributed by atoms with Crippen molar-refractivity contribution < 1.29 is 0 Å². The van der Waals surface area contributed by atoms with Gasteiger partial charge in [-0.2, -0.15) is 0 Å². The maximum absolute atomic E-state index is 6.27. The number of hydrogen-bond acceptors (Lipinski definition) is 1. The lowest BCUT2D eigenvalue weighted by Crippen LogP contribution is -2.34. The van der Waals surface area contributed by atoms with Crippen LogP contribution in [-0.4, -0.2) is 6.04 Å². The quantitative estimate of drug-likeness (QED) is 0.586. The summed E-state index contributed by atoms with van der Waals surface area (Å²) in [4.78, 5) is 0. The van der Waals surface area contributed by atoms with Gasteiger partial charge in [-0.3, -0.25) is 0 Å². The summed E-state index contributed by atoms with van der Waals surface area (Å²) in [7, 11) is 0. The Balaban J connectivity index is 1.68. The predicted molar refractivity (Wildman–Crippen MR) is 97.2 cm³/mol. The van der Waals surface area contributed by atoms with Gasteiger partial charge in [0.15, 0.2) is 0 Å². The van der Waals surface area contributed by atoms with Crippen molar-refractivity contribution in [3.05, 3.63) is 35.4 Å². The predicted octanol–water partition coefficient (Wildman–Crippen LogP) is 5.65. The Morgan fingerprint density at radius 2 is 1.50 bits per heavy atom. The van der Waals surface area contributed by atoms with Gasteiger partial charge in [-0.15, -0.1) is 0 Å². The molecule has 124 valence electrons. The van der Waals surface area contributed by atoms with E-state index in [1.54, 1.807) is 0 Å². The monoisotopic (exact) mass is 301 g/mol. The minimum Gasteiger partial charge on any atom is -0.327 e. The normalized spacial score (nSPS) is 21.9. The van der Waals surface area contributed by atoms with Crippen molar-refractivity contribution in [2.45, 2.75) is 90.0 Å². The van der Waals surface area contributed by atoms with Crippen LogP contribution in [0.2, 0.25) is 0 Å². The maximum Gasteiger partial charge on any atom is 0.00703 e. The highest BCUT2D eigenvalue weighted by Gasteiger charge is 2.21. The molecule has 0 bridgehead atoms. The topological polar surface area (TPSA) is 26.0 Å². The number of hydrogen-bond donors (Lipinski definition) is 1. The van der Waals surface area contributed by atoms with Crippen molar-refractivity contribution in [1.82, 2.24) is 0 Å². The first-order valence-corrected chi connectivity index (χ1v) is 9.63. The second kappa shape index (κ2) is 10.0. The highest BCUT2D eigenvalue weighted by Crippen LogP contribution is 2.26. The van der Waals surface area contributed by atoms with Crippen molar-refractivity contribution in [2.75, 3.05) is 0 Å². The SMILES string of the molecule is CCCCCCCCc1ccc(C[C@H]2CCCC[C@@H]2N)cc1. The van der Waals surface area contributed by atoms with Gasteiger partial charge in [0.2, 0.25) is 0 Å². The fraction of sp³-hybridized carbons (Fsp3) is 0.714. The van der Waals surface area contributed by atoms with Gasteiger partial charge in [-0.25, -0.2) is 0 Å². The first-order chi connectivity index (χ1) is 10.8. The molecule has 2 N–H and O–H groups in total. The molecule has 0 aromatic heterocycles. The summed E-state index contributed by atoms with van der Waals surface area (Å²) in [5.74, 6) is 0.707. The molecular formula is C21H35N. The number of unbranched alkanes of at least 4 members (excludes halogenated alkanes) is 5. The summed E-state index contributed by atoms with van der Waals surface area (Å²) in [5, 5.41) is 0. The van der Waals surface area contributed by atoms with Crippen LogP contribution in [0, 0.1) is 5.92 Å². The van der Waals surface area contributed by atoms with Gasteiger partial charge >= 0.3 is 0 Å². The molecule has 1 nitrogen and oxygen atoms in total. The Hall–Kier alpha value is -0.820. The summed E-state index contributed by atoms with van der Waals surface area (Å²) in [5.41, 5.74) is 9.26. The van der Waals surface area contributed by atoms with E-state index < -0.39 is 0 Å². The minimum atomic E-state index is 0.427. The summed E-state index contributed by atoms with van der Waals surface area (Å²) in [6.45, 7) is 2.28. The van der Waals surface area contributed by atoms with Crippen LogP contribution >= 0.6 is 0 Å². The van der Waals surface area contributed by atoms with Crippen LogP contribution in [0.1, 0.15) is 82.3 Å². The van der Waals surface area contributed by atoms with Crippen LogP contribution in [-0.2, 0) is 12.8 Å². The number of rotatable bonds is 9. The Bertz CT molecular complexity index is 395. The molecule has 0 radical (unpaired) electrons. The lowest BCUT2D eigenvalue weighted by Gasteiger charge is -2.28. The van der Waals surface area contributed by atoms with Crippen LogP contribution in [0.15, 0.2) is 24.3 Å². The first kappa shape index (κ1) is 17.5. The van der Waals surface area contributed by atoms with E-state index in [1.165, 1.54) is 88.2 Å². The van der Waals surface area contributed by atoms with Crippen LogP contribution in [0.5, 0.6) is 0 Å². The fourth-order valence-electron chi connectivity index (χ4n) is 3.74.